The van der Waals surface area contributed by atoms with Crippen molar-refractivity contribution in [2.45, 2.75) is 39.0 Å². The van der Waals surface area contributed by atoms with Gasteiger partial charge in [-0.15, -0.1) is 0 Å². The number of rotatable bonds is 7. The second-order valence-electron chi connectivity index (χ2n) is 6.01. The van der Waals surface area contributed by atoms with Gasteiger partial charge in [-0.05, 0) is 44.2 Å². The molecule has 0 aromatic heterocycles. The SMILES string of the molecule is COc1cccc(N(CC(=O)NCCC2=CCCCC2)C(C)=O)c1. The number of hydrogen-bond acceptors (Lipinski definition) is 3. The van der Waals surface area contributed by atoms with Gasteiger partial charge in [0, 0.05) is 25.2 Å². The highest BCUT2D eigenvalue weighted by Crippen LogP contribution is 2.21. The number of nitrogens with zero attached hydrogens (tertiary/aromatic N) is 1. The van der Waals surface area contributed by atoms with Crippen LogP contribution in [0.25, 0.3) is 0 Å². The predicted molar refractivity (Wildman–Crippen MR) is 95.2 cm³/mol. The van der Waals surface area contributed by atoms with Gasteiger partial charge in [0.1, 0.15) is 12.3 Å². The first kappa shape index (κ1) is 18.0. The van der Waals surface area contributed by atoms with Crippen molar-refractivity contribution in [2.75, 3.05) is 25.1 Å². The number of amides is 2. The molecule has 0 bridgehead atoms. The van der Waals surface area contributed by atoms with Crippen molar-refractivity contribution in [1.29, 1.82) is 0 Å². The van der Waals surface area contributed by atoms with Crippen molar-refractivity contribution in [2.24, 2.45) is 0 Å². The molecule has 5 heteroatoms. The number of anilines is 1. The summed E-state index contributed by atoms with van der Waals surface area (Å²) in [6, 6.07) is 7.16. The van der Waals surface area contributed by atoms with E-state index in [-0.39, 0.29) is 18.4 Å². The number of ether oxygens (including phenoxy) is 1. The van der Waals surface area contributed by atoms with Crippen LogP contribution in [0.3, 0.4) is 0 Å². The normalized spacial score (nSPS) is 13.8. The molecule has 0 fully saturated rings. The van der Waals surface area contributed by atoms with Crippen LogP contribution in [0.5, 0.6) is 5.75 Å². The molecular weight excluding hydrogens is 304 g/mol. The van der Waals surface area contributed by atoms with Crippen molar-refractivity contribution < 1.29 is 14.3 Å². The van der Waals surface area contributed by atoms with Gasteiger partial charge in [-0.2, -0.15) is 0 Å². The van der Waals surface area contributed by atoms with Crippen LogP contribution in [0, 0.1) is 0 Å². The lowest BCUT2D eigenvalue weighted by Gasteiger charge is -2.21. The maximum atomic E-state index is 12.2. The van der Waals surface area contributed by atoms with Gasteiger partial charge in [0.2, 0.25) is 11.8 Å². The molecule has 130 valence electrons. The second kappa shape index (κ2) is 9.11. The number of nitrogens with one attached hydrogen (secondary N) is 1. The molecule has 0 saturated carbocycles. The fraction of sp³-hybridized carbons (Fsp3) is 0.474. The summed E-state index contributed by atoms with van der Waals surface area (Å²) in [6.45, 7) is 2.09. The minimum absolute atomic E-state index is 0.0154. The number of benzene rings is 1. The fourth-order valence-electron chi connectivity index (χ4n) is 2.86. The summed E-state index contributed by atoms with van der Waals surface area (Å²) in [5.74, 6) is 0.334. The summed E-state index contributed by atoms with van der Waals surface area (Å²) in [5.41, 5.74) is 2.09. The summed E-state index contributed by atoms with van der Waals surface area (Å²) in [5, 5.41) is 2.91. The van der Waals surface area contributed by atoms with Gasteiger partial charge >= 0.3 is 0 Å². The third-order valence-electron chi connectivity index (χ3n) is 4.20. The Kier molecular flexibility index (Phi) is 6.85. The molecule has 0 radical (unpaired) electrons. The zero-order valence-electron chi connectivity index (χ0n) is 14.5. The predicted octanol–water partition coefficient (Wildman–Crippen LogP) is 3.05. The molecule has 24 heavy (non-hydrogen) atoms. The van der Waals surface area contributed by atoms with Gasteiger partial charge in [0.25, 0.3) is 0 Å². The molecule has 0 unspecified atom stereocenters. The largest absolute Gasteiger partial charge is 0.497 e. The minimum atomic E-state index is -0.173. The van der Waals surface area contributed by atoms with Gasteiger partial charge in [0.15, 0.2) is 0 Å². The Labute approximate surface area is 143 Å². The Balaban J connectivity index is 1.88. The minimum Gasteiger partial charge on any atom is -0.497 e. The van der Waals surface area contributed by atoms with Crippen LogP contribution in [0.2, 0.25) is 0 Å². The Morgan fingerprint density at radius 3 is 2.79 bits per heavy atom. The van der Waals surface area contributed by atoms with E-state index >= 15 is 0 Å². The zero-order chi connectivity index (χ0) is 17.4. The summed E-state index contributed by atoms with van der Waals surface area (Å²) >= 11 is 0. The topological polar surface area (TPSA) is 58.6 Å². The van der Waals surface area contributed by atoms with E-state index in [9.17, 15) is 9.59 Å². The quantitative estimate of drug-likeness (QED) is 0.782. The highest BCUT2D eigenvalue weighted by Gasteiger charge is 2.16. The Morgan fingerprint density at radius 2 is 2.12 bits per heavy atom. The summed E-state index contributed by atoms with van der Waals surface area (Å²) in [7, 11) is 1.57. The van der Waals surface area contributed by atoms with Gasteiger partial charge in [0.05, 0.1) is 7.11 Å². The number of allylic oxidation sites excluding steroid dienone is 1. The molecule has 0 spiro atoms. The van der Waals surface area contributed by atoms with Gasteiger partial charge in [-0.1, -0.05) is 17.7 Å². The van der Waals surface area contributed by atoms with Crippen LogP contribution in [-0.4, -0.2) is 32.0 Å². The number of methoxy groups -OCH3 is 1. The monoisotopic (exact) mass is 330 g/mol. The molecule has 0 atom stereocenters. The van der Waals surface area contributed by atoms with Crippen LogP contribution in [0.15, 0.2) is 35.9 Å². The Bertz CT molecular complexity index is 610. The van der Waals surface area contributed by atoms with Gasteiger partial charge < -0.3 is 15.0 Å². The fourth-order valence-corrected chi connectivity index (χ4v) is 2.86. The number of carbonyl (C=O) groups is 2. The lowest BCUT2D eigenvalue weighted by Crippen LogP contribution is -2.40. The van der Waals surface area contributed by atoms with E-state index in [0.29, 0.717) is 18.0 Å². The lowest BCUT2D eigenvalue weighted by atomic mass is 9.97. The van der Waals surface area contributed by atoms with E-state index in [2.05, 4.69) is 11.4 Å². The number of hydrogen-bond donors (Lipinski definition) is 1. The molecule has 1 aromatic rings. The van der Waals surface area contributed by atoms with Crippen LogP contribution >= 0.6 is 0 Å². The highest BCUT2D eigenvalue weighted by molar-refractivity contribution is 5.97. The van der Waals surface area contributed by atoms with Crippen LogP contribution in [-0.2, 0) is 9.59 Å². The molecule has 1 aliphatic rings. The summed E-state index contributed by atoms with van der Waals surface area (Å²) in [4.78, 5) is 25.5. The maximum absolute atomic E-state index is 12.2. The average Bonchev–Trinajstić information content (AvgIpc) is 2.60. The van der Waals surface area contributed by atoms with E-state index in [1.165, 1.54) is 30.2 Å². The zero-order valence-corrected chi connectivity index (χ0v) is 14.5. The number of carbonyl (C=O) groups excluding carboxylic acids is 2. The average molecular weight is 330 g/mol. The smallest absolute Gasteiger partial charge is 0.240 e. The van der Waals surface area contributed by atoms with Crippen molar-refractivity contribution in [3.05, 3.63) is 35.9 Å². The molecule has 0 saturated heterocycles. The van der Waals surface area contributed by atoms with Gasteiger partial charge in [-0.25, -0.2) is 0 Å². The summed E-state index contributed by atoms with van der Waals surface area (Å²) < 4.78 is 5.18. The van der Waals surface area contributed by atoms with Gasteiger partial charge in [-0.3, -0.25) is 9.59 Å². The molecule has 0 heterocycles. The molecule has 2 rings (SSSR count). The molecular formula is C19H26N2O3. The van der Waals surface area contributed by atoms with Crippen molar-refractivity contribution >= 4 is 17.5 Å². The first-order valence-electron chi connectivity index (χ1n) is 8.47. The Morgan fingerprint density at radius 1 is 1.29 bits per heavy atom. The second-order valence-corrected chi connectivity index (χ2v) is 6.01. The molecule has 2 amide bonds. The van der Waals surface area contributed by atoms with Crippen molar-refractivity contribution in [1.82, 2.24) is 5.32 Å². The van der Waals surface area contributed by atoms with E-state index in [0.717, 1.165) is 19.3 Å². The van der Waals surface area contributed by atoms with E-state index in [1.807, 2.05) is 0 Å². The third kappa shape index (κ3) is 5.41. The molecule has 1 N–H and O–H groups in total. The summed E-state index contributed by atoms with van der Waals surface area (Å²) in [6.07, 6.45) is 7.98. The lowest BCUT2D eigenvalue weighted by molar-refractivity contribution is -0.123. The first-order valence-corrected chi connectivity index (χ1v) is 8.47. The van der Waals surface area contributed by atoms with Crippen LogP contribution < -0.4 is 15.0 Å². The third-order valence-corrected chi connectivity index (χ3v) is 4.20. The van der Waals surface area contributed by atoms with Crippen LogP contribution in [0.1, 0.15) is 39.0 Å². The van der Waals surface area contributed by atoms with E-state index in [4.69, 9.17) is 4.74 Å². The van der Waals surface area contributed by atoms with Crippen LogP contribution in [0.4, 0.5) is 5.69 Å². The van der Waals surface area contributed by atoms with E-state index in [1.54, 1.807) is 31.4 Å². The molecule has 1 aliphatic carbocycles. The highest BCUT2D eigenvalue weighted by atomic mass is 16.5. The molecule has 0 aliphatic heterocycles. The molecule has 5 nitrogen and oxygen atoms in total. The van der Waals surface area contributed by atoms with Crippen molar-refractivity contribution in [3.8, 4) is 5.75 Å². The first-order chi connectivity index (χ1) is 11.6. The van der Waals surface area contributed by atoms with E-state index < -0.39 is 0 Å². The van der Waals surface area contributed by atoms with Crippen molar-refractivity contribution in [3.63, 3.8) is 0 Å². The maximum Gasteiger partial charge on any atom is 0.240 e. The Hall–Kier alpha value is -2.30. The molecule has 1 aromatic carbocycles. The standard InChI is InChI=1S/C19H26N2O3/c1-15(22)21(17-9-6-10-18(13-17)24-2)14-19(23)20-12-11-16-7-4-3-5-8-16/h6-7,9-10,13H,3-5,8,11-12,14H2,1-2H3,(H,20,23).